The van der Waals surface area contributed by atoms with Gasteiger partial charge in [0.25, 0.3) is 0 Å². The van der Waals surface area contributed by atoms with Crippen molar-refractivity contribution in [2.75, 3.05) is 46.9 Å². The van der Waals surface area contributed by atoms with Crippen LogP contribution in [0.3, 0.4) is 0 Å². The van der Waals surface area contributed by atoms with Crippen molar-refractivity contribution in [1.29, 1.82) is 0 Å². The van der Waals surface area contributed by atoms with Crippen molar-refractivity contribution in [1.82, 2.24) is 15.5 Å². The SMILES string of the molecule is CCCCNC(=O)OCCC(CCOC(=O)NCCCC)CCN(C)C.Cl.Cl. The van der Waals surface area contributed by atoms with E-state index >= 15 is 0 Å². The second kappa shape index (κ2) is 22.4. The predicted molar refractivity (Wildman–Crippen MR) is 119 cm³/mol. The quantitative estimate of drug-likeness (QED) is 0.368. The highest BCUT2D eigenvalue weighted by molar-refractivity contribution is 5.85. The molecule has 0 aliphatic heterocycles. The van der Waals surface area contributed by atoms with Crippen LogP contribution in [0.4, 0.5) is 9.59 Å². The van der Waals surface area contributed by atoms with Crippen molar-refractivity contribution in [3.8, 4) is 0 Å². The first-order chi connectivity index (χ1) is 12.5. The first kappa shape index (κ1) is 31.8. The molecule has 0 heterocycles. The van der Waals surface area contributed by atoms with Crippen LogP contribution in [0.2, 0.25) is 0 Å². The molecule has 0 spiro atoms. The third kappa shape index (κ3) is 21.4. The van der Waals surface area contributed by atoms with Gasteiger partial charge in [0.2, 0.25) is 0 Å². The van der Waals surface area contributed by atoms with E-state index in [1.54, 1.807) is 0 Å². The molecule has 0 fully saturated rings. The van der Waals surface area contributed by atoms with E-state index in [2.05, 4.69) is 29.4 Å². The van der Waals surface area contributed by atoms with E-state index in [-0.39, 0.29) is 37.0 Å². The smallest absolute Gasteiger partial charge is 0.407 e. The van der Waals surface area contributed by atoms with Crippen LogP contribution in [0.5, 0.6) is 0 Å². The summed E-state index contributed by atoms with van der Waals surface area (Å²) >= 11 is 0. The number of nitrogens with one attached hydrogen (secondary N) is 2. The third-order valence-electron chi connectivity index (χ3n) is 4.10. The number of hydrogen-bond donors (Lipinski definition) is 2. The molecule has 0 aliphatic carbocycles. The average Bonchev–Trinajstić information content (AvgIpc) is 2.59. The van der Waals surface area contributed by atoms with Crippen LogP contribution < -0.4 is 10.6 Å². The molecule has 9 heteroatoms. The average molecular weight is 446 g/mol. The number of carbonyl (C=O) groups is 2. The Hall–Kier alpha value is -0.920. The summed E-state index contributed by atoms with van der Waals surface area (Å²) in [4.78, 5) is 25.3. The Morgan fingerprint density at radius 2 is 1.25 bits per heavy atom. The molecule has 0 unspecified atom stereocenters. The van der Waals surface area contributed by atoms with Crippen molar-refractivity contribution in [2.24, 2.45) is 5.92 Å². The number of alkyl carbamates (subject to hydrolysis) is 2. The van der Waals surface area contributed by atoms with Crippen LogP contribution in [-0.4, -0.2) is 64.0 Å². The molecule has 7 nitrogen and oxygen atoms in total. The maximum Gasteiger partial charge on any atom is 0.407 e. The summed E-state index contributed by atoms with van der Waals surface area (Å²) in [5.74, 6) is 0.351. The number of unbranched alkanes of at least 4 members (excludes halogenated alkanes) is 2. The lowest BCUT2D eigenvalue weighted by molar-refractivity contribution is 0.122. The molecule has 0 saturated carbocycles. The van der Waals surface area contributed by atoms with Gasteiger partial charge in [-0.3, -0.25) is 0 Å². The zero-order valence-electron chi connectivity index (χ0n) is 18.0. The lowest BCUT2D eigenvalue weighted by Gasteiger charge is -2.19. The van der Waals surface area contributed by atoms with Crippen LogP contribution >= 0.6 is 24.8 Å². The fraction of sp³-hybridized carbons (Fsp3) is 0.895. The molecule has 0 aromatic rings. The largest absolute Gasteiger partial charge is 0.450 e. The molecule has 0 bridgehead atoms. The highest BCUT2D eigenvalue weighted by Gasteiger charge is 2.12. The fourth-order valence-corrected chi connectivity index (χ4v) is 2.35. The fourth-order valence-electron chi connectivity index (χ4n) is 2.35. The first-order valence-electron chi connectivity index (χ1n) is 9.95. The molecule has 170 valence electrons. The standard InChI is InChI=1S/C19H39N3O4.2ClH/c1-5-7-12-20-18(23)25-15-10-17(9-14-22(3)4)11-16-26-19(24)21-13-8-6-2;;/h17H,5-16H2,1-4H3,(H,20,23)(H,21,24);2*1H. The summed E-state index contributed by atoms with van der Waals surface area (Å²) in [6.45, 7) is 7.19. The normalized spacial score (nSPS) is 10.1. The topological polar surface area (TPSA) is 79.9 Å². The molecule has 28 heavy (non-hydrogen) atoms. The third-order valence-corrected chi connectivity index (χ3v) is 4.10. The molecule has 0 radical (unpaired) electrons. The molecule has 0 rings (SSSR count). The van der Waals surface area contributed by atoms with Crippen molar-refractivity contribution >= 4 is 37.0 Å². The minimum atomic E-state index is -0.351. The highest BCUT2D eigenvalue weighted by atomic mass is 35.5. The summed E-state index contributed by atoms with van der Waals surface area (Å²) in [7, 11) is 4.07. The van der Waals surface area contributed by atoms with Gasteiger partial charge < -0.3 is 25.0 Å². The summed E-state index contributed by atoms with van der Waals surface area (Å²) in [6.07, 6.45) is 5.82. The van der Waals surface area contributed by atoms with Gasteiger partial charge in [0.15, 0.2) is 0 Å². The number of nitrogens with zero attached hydrogens (tertiary/aromatic N) is 1. The van der Waals surface area contributed by atoms with Gasteiger partial charge in [0.05, 0.1) is 13.2 Å². The maximum atomic E-state index is 11.6. The molecule has 0 aromatic carbocycles. The summed E-state index contributed by atoms with van der Waals surface area (Å²) in [5.41, 5.74) is 0. The molecule has 0 atom stereocenters. The Morgan fingerprint density at radius 3 is 1.61 bits per heavy atom. The molecule has 0 aliphatic rings. The molecular formula is C19H41Cl2N3O4. The minimum absolute atomic E-state index is 0. The Balaban J connectivity index is -0.00000312. The van der Waals surface area contributed by atoms with Gasteiger partial charge >= 0.3 is 12.2 Å². The first-order valence-corrected chi connectivity index (χ1v) is 9.95. The van der Waals surface area contributed by atoms with Crippen molar-refractivity contribution in [3.63, 3.8) is 0 Å². The van der Waals surface area contributed by atoms with E-state index in [0.29, 0.717) is 32.2 Å². The van der Waals surface area contributed by atoms with Gasteiger partial charge in [0.1, 0.15) is 0 Å². The van der Waals surface area contributed by atoms with Crippen molar-refractivity contribution in [2.45, 2.75) is 58.8 Å². The van der Waals surface area contributed by atoms with E-state index in [1.807, 2.05) is 14.1 Å². The Bertz CT molecular complexity index is 347. The summed E-state index contributed by atoms with van der Waals surface area (Å²) < 4.78 is 10.5. The monoisotopic (exact) mass is 445 g/mol. The second-order valence-corrected chi connectivity index (χ2v) is 6.87. The van der Waals surface area contributed by atoms with Gasteiger partial charge in [-0.1, -0.05) is 26.7 Å². The number of hydrogen-bond acceptors (Lipinski definition) is 5. The van der Waals surface area contributed by atoms with Gasteiger partial charge in [-0.05, 0) is 58.7 Å². The Kier molecular flexibility index (Phi) is 25.4. The molecular weight excluding hydrogens is 405 g/mol. The van der Waals surface area contributed by atoms with E-state index in [0.717, 1.165) is 51.5 Å². The van der Waals surface area contributed by atoms with Crippen LogP contribution in [0.25, 0.3) is 0 Å². The predicted octanol–water partition coefficient (Wildman–Crippen LogP) is 4.23. The van der Waals surface area contributed by atoms with E-state index in [1.165, 1.54) is 0 Å². The summed E-state index contributed by atoms with van der Waals surface area (Å²) in [6, 6.07) is 0. The molecule has 0 aromatic heterocycles. The van der Waals surface area contributed by atoms with Gasteiger partial charge in [0, 0.05) is 13.1 Å². The zero-order valence-corrected chi connectivity index (χ0v) is 19.6. The van der Waals surface area contributed by atoms with Crippen LogP contribution in [-0.2, 0) is 9.47 Å². The van der Waals surface area contributed by atoms with Crippen LogP contribution in [0.15, 0.2) is 0 Å². The number of rotatable bonds is 15. The molecule has 0 saturated heterocycles. The van der Waals surface area contributed by atoms with E-state index in [4.69, 9.17) is 9.47 Å². The van der Waals surface area contributed by atoms with Gasteiger partial charge in [-0.2, -0.15) is 0 Å². The second-order valence-electron chi connectivity index (χ2n) is 6.87. The Labute approximate surface area is 183 Å². The van der Waals surface area contributed by atoms with E-state index in [9.17, 15) is 9.59 Å². The lowest BCUT2D eigenvalue weighted by atomic mass is 9.98. The molecule has 2 amide bonds. The van der Waals surface area contributed by atoms with Crippen LogP contribution in [0, 0.1) is 5.92 Å². The van der Waals surface area contributed by atoms with Crippen LogP contribution in [0.1, 0.15) is 58.8 Å². The number of halogens is 2. The highest BCUT2D eigenvalue weighted by Crippen LogP contribution is 2.14. The maximum absolute atomic E-state index is 11.6. The number of amides is 2. The van der Waals surface area contributed by atoms with Gasteiger partial charge in [-0.25, -0.2) is 9.59 Å². The number of ether oxygens (including phenoxy) is 2. The minimum Gasteiger partial charge on any atom is -0.450 e. The van der Waals surface area contributed by atoms with E-state index < -0.39 is 0 Å². The number of carbonyl (C=O) groups excluding carboxylic acids is 2. The van der Waals surface area contributed by atoms with Crippen molar-refractivity contribution in [3.05, 3.63) is 0 Å². The zero-order chi connectivity index (χ0) is 19.6. The van der Waals surface area contributed by atoms with Crippen molar-refractivity contribution < 1.29 is 19.1 Å². The molecule has 2 N–H and O–H groups in total. The Morgan fingerprint density at radius 1 is 0.821 bits per heavy atom. The lowest BCUT2D eigenvalue weighted by Crippen LogP contribution is -2.27. The summed E-state index contributed by atoms with van der Waals surface area (Å²) in [5, 5.41) is 5.49. The van der Waals surface area contributed by atoms with Gasteiger partial charge in [-0.15, -0.1) is 24.8 Å².